The Balaban J connectivity index is 1.72. The summed E-state index contributed by atoms with van der Waals surface area (Å²) in [7, 11) is 3.44. The van der Waals surface area contributed by atoms with E-state index in [9.17, 15) is 4.79 Å². The lowest BCUT2D eigenvalue weighted by molar-refractivity contribution is -0.128. The van der Waals surface area contributed by atoms with Crippen LogP contribution >= 0.6 is 0 Å². The van der Waals surface area contributed by atoms with Gasteiger partial charge in [0, 0.05) is 26.7 Å². The van der Waals surface area contributed by atoms with Gasteiger partial charge >= 0.3 is 0 Å². The Morgan fingerprint density at radius 1 is 1.21 bits per heavy atom. The average molecular weight is 389 g/mol. The quantitative estimate of drug-likeness (QED) is 0.682. The molecule has 2 saturated carbocycles. The molecule has 0 bridgehead atoms. The van der Waals surface area contributed by atoms with Crippen LogP contribution in [0.4, 0.5) is 0 Å². The predicted octanol–water partition coefficient (Wildman–Crippen LogP) is 2.92. The summed E-state index contributed by atoms with van der Waals surface area (Å²) in [6.45, 7) is 0.421. The third-order valence-electron chi connectivity index (χ3n) is 6.82. The Morgan fingerprint density at radius 3 is 2.64 bits per heavy atom. The number of amides is 1. The highest BCUT2D eigenvalue weighted by atomic mass is 16.5. The van der Waals surface area contributed by atoms with Crippen LogP contribution in [-0.4, -0.2) is 44.9 Å². The highest BCUT2D eigenvalue weighted by Crippen LogP contribution is 2.43. The van der Waals surface area contributed by atoms with E-state index in [0.717, 1.165) is 6.42 Å². The van der Waals surface area contributed by atoms with Crippen molar-refractivity contribution >= 4 is 5.91 Å². The molecule has 2 fully saturated rings. The van der Waals surface area contributed by atoms with Crippen molar-refractivity contribution in [3.8, 4) is 0 Å². The van der Waals surface area contributed by atoms with Gasteiger partial charge in [-0.1, -0.05) is 49.6 Å². The molecule has 0 heterocycles. The Hall–Kier alpha value is -1.43. The molecule has 156 valence electrons. The number of methoxy groups -OCH3 is 2. The second kappa shape index (κ2) is 10.4. The van der Waals surface area contributed by atoms with Gasteiger partial charge in [-0.2, -0.15) is 0 Å². The Bertz CT molecular complexity index is 605. The van der Waals surface area contributed by atoms with Gasteiger partial charge in [-0.25, -0.2) is 0 Å². The number of hydrogen-bond acceptors (Lipinski definition) is 4. The summed E-state index contributed by atoms with van der Waals surface area (Å²) in [6.07, 6.45) is 7.45. The molecular weight excluding hydrogens is 352 g/mol. The normalized spacial score (nSPS) is 29.1. The minimum absolute atomic E-state index is 0.108. The van der Waals surface area contributed by atoms with Crippen LogP contribution in [0.25, 0.3) is 0 Å². The molecule has 5 nitrogen and oxygen atoms in total. The van der Waals surface area contributed by atoms with E-state index in [4.69, 9.17) is 15.2 Å². The van der Waals surface area contributed by atoms with Crippen LogP contribution in [0.2, 0.25) is 0 Å². The van der Waals surface area contributed by atoms with Crippen molar-refractivity contribution in [2.45, 2.75) is 63.2 Å². The van der Waals surface area contributed by atoms with Crippen LogP contribution in [-0.2, 0) is 20.7 Å². The molecule has 1 aromatic rings. The lowest BCUT2D eigenvalue weighted by Crippen LogP contribution is -2.48. The second-order valence-electron chi connectivity index (χ2n) is 8.47. The number of carbonyl (C=O) groups excluding carboxylic acids is 1. The smallest absolute Gasteiger partial charge is 0.223 e. The van der Waals surface area contributed by atoms with Crippen molar-refractivity contribution < 1.29 is 14.3 Å². The number of hydrogen-bond donors (Lipinski definition) is 2. The third-order valence-corrected chi connectivity index (χ3v) is 6.82. The van der Waals surface area contributed by atoms with Crippen LogP contribution in [0.3, 0.4) is 0 Å². The fourth-order valence-electron chi connectivity index (χ4n) is 5.24. The van der Waals surface area contributed by atoms with E-state index >= 15 is 0 Å². The molecule has 2 aliphatic carbocycles. The zero-order valence-electron chi connectivity index (χ0n) is 17.3. The number of rotatable bonds is 9. The molecule has 0 aliphatic heterocycles. The number of carbonyl (C=O) groups is 1. The first-order valence-corrected chi connectivity index (χ1v) is 10.8. The molecule has 1 aromatic carbocycles. The van der Waals surface area contributed by atoms with Crippen LogP contribution in [0.5, 0.6) is 0 Å². The maximum absolute atomic E-state index is 13.3. The SMILES string of the molecule is CO[C@H](CN)C[C@@H](Cc1ccccc1)C(=O)N[C@@H]1[C@H](OC)CC2CCCC[C@@H]21. The average Bonchev–Trinajstić information content (AvgIpc) is 3.09. The first-order chi connectivity index (χ1) is 13.7. The minimum atomic E-state index is -0.156. The molecule has 1 unspecified atom stereocenters. The van der Waals surface area contributed by atoms with E-state index in [-0.39, 0.29) is 30.1 Å². The summed E-state index contributed by atoms with van der Waals surface area (Å²) >= 11 is 0. The van der Waals surface area contributed by atoms with Gasteiger partial charge in [0.1, 0.15) is 0 Å². The highest BCUT2D eigenvalue weighted by molar-refractivity contribution is 5.79. The summed E-state index contributed by atoms with van der Waals surface area (Å²) < 4.78 is 11.3. The van der Waals surface area contributed by atoms with Crippen molar-refractivity contribution in [2.75, 3.05) is 20.8 Å². The Kier molecular flexibility index (Phi) is 7.89. The largest absolute Gasteiger partial charge is 0.380 e. The van der Waals surface area contributed by atoms with Gasteiger partial charge in [0.2, 0.25) is 5.91 Å². The van der Waals surface area contributed by atoms with Gasteiger partial charge in [-0.3, -0.25) is 4.79 Å². The highest BCUT2D eigenvalue weighted by Gasteiger charge is 2.45. The van der Waals surface area contributed by atoms with Gasteiger partial charge in [-0.15, -0.1) is 0 Å². The molecule has 0 spiro atoms. The van der Waals surface area contributed by atoms with Crippen LogP contribution in [0.1, 0.15) is 44.1 Å². The summed E-state index contributed by atoms with van der Waals surface area (Å²) in [4.78, 5) is 13.3. The number of benzene rings is 1. The van der Waals surface area contributed by atoms with Crippen molar-refractivity contribution in [1.82, 2.24) is 5.32 Å². The maximum Gasteiger partial charge on any atom is 0.223 e. The first-order valence-electron chi connectivity index (χ1n) is 10.8. The summed E-state index contributed by atoms with van der Waals surface area (Å²) in [5.41, 5.74) is 7.01. The van der Waals surface area contributed by atoms with E-state index in [0.29, 0.717) is 31.2 Å². The minimum Gasteiger partial charge on any atom is -0.380 e. The monoisotopic (exact) mass is 388 g/mol. The molecule has 3 rings (SSSR count). The zero-order chi connectivity index (χ0) is 19.9. The molecule has 0 radical (unpaired) electrons. The predicted molar refractivity (Wildman–Crippen MR) is 111 cm³/mol. The van der Waals surface area contributed by atoms with Gasteiger partial charge in [0.15, 0.2) is 0 Å². The van der Waals surface area contributed by atoms with Crippen molar-refractivity contribution in [3.63, 3.8) is 0 Å². The standard InChI is InChI=1S/C23H36N2O3/c1-27-19(15-24)13-18(12-16-8-4-3-5-9-16)23(26)25-22-20-11-7-6-10-17(20)14-21(22)28-2/h3-5,8-9,17-22H,6-7,10-15,24H2,1-2H3,(H,25,26)/t17?,18-,19+,20+,21-,22+/m1/s1. The first kappa shape index (κ1) is 21.3. The molecule has 3 N–H and O–H groups in total. The lowest BCUT2D eigenvalue weighted by atomic mass is 9.80. The Labute approximate surface area is 169 Å². The summed E-state index contributed by atoms with van der Waals surface area (Å²) in [5.74, 6) is 1.19. The van der Waals surface area contributed by atoms with E-state index in [1.165, 1.54) is 31.2 Å². The van der Waals surface area contributed by atoms with Crippen LogP contribution in [0, 0.1) is 17.8 Å². The van der Waals surface area contributed by atoms with E-state index < -0.39 is 0 Å². The van der Waals surface area contributed by atoms with Crippen LogP contribution in [0.15, 0.2) is 30.3 Å². The van der Waals surface area contributed by atoms with Gasteiger partial charge in [0.25, 0.3) is 0 Å². The van der Waals surface area contributed by atoms with E-state index in [2.05, 4.69) is 17.4 Å². The van der Waals surface area contributed by atoms with E-state index in [1.807, 2.05) is 18.2 Å². The number of fused-ring (bicyclic) bond motifs is 1. The number of nitrogens with one attached hydrogen (secondary N) is 1. The molecule has 1 amide bonds. The van der Waals surface area contributed by atoms with Gasteiger partial charge < -0.3 is 20.5 Å². The van der Waals surface area contributed by atoms with Crippen molar-refractivity contribution in [3.05, 3.63) is 35.9 Å². The number of ether oxygens (including phenoxy) is 2. The molecule has 0 aromatic heterocycles. The fraction of sp³-hybridized carbons (Fsp3) is 0.696. The summed E-state index contributed by atoms with van der Waals surface area (Å²) in [5, 5.41) is 3.39. The van der Waals surface area contributed by atoms with Gasteiger partial charge in [-0.05, 0) is 43.1 Å². The molecule has 2 aliphatic rings. The fourth-order valence-corrected chi connectivity index (χ4v) is 5.24. The lowest BCUT2D eigenvalue weighted by Gasteiger charge is -2.32. The molecule has 0 saturated heterocycles. The maximum atomic E-state index is 13.3. The Morgan fingerprint density at radius 2 is 1.96 bits per heavy atom. The molecular formula is C23H36N2O3. The third kappa shape index (κ3) is 5.13. The van der Waals surface area contributed by atoms with Crippen LogP contribution < -0.4 is 11.1 Å². The second-order valence-corrected chi connectivity index (χ2v) is 8.47. The molecule has 5 heteroatoms. The van der Waals surface area contributed by atoms with Gasteiger partial charge in [0.05, 0.1) is 18.2 Å². The molecule has 28 heavy (non-hydrogen) atoms. The number of nitrogens with two attached hydrogens (primary N) is 1. The van der Waals surface area contributed by atoms with Crippen molar-refractivity contribution in [2.24, 2.45) is 23.5 Å². The summed E-state index contributed by atoms with van der Waals surface area (Å²) in [6, 6.07) is 10.3. The molecule has 6 atom stereocenters. The topological polar surface area (TPSA) is 73.6 Å². The zero-order valence-corrected chi connectivity index (χ0v) is 17.3. The van der Waals surface area contributed by atoms with Crippen molar-refractivity contribution in [1.29, 1.82) is 0 Å². The van der Waals surface area contributed by atoms with E-state index in [1.54, 1.807) is 14.2 Å².